The maximum atomic E-state index is 2.61. The van der Waals surface area contributed by atoms with Gasteiger partial charge in [-0.3, -0.25) is 0 Å². The monoisotopic (exact) mass is 594 g/mol. The van der Waals surface area contributed by atoms with Crippen LogP contribution in [0.15, 0.2) is 42.7 Å². The van der Waals surface area contributed by atoms with Gasteiger partial charge in [-0.2, -0.15) is 0 Å². The molecule has 1 aromatic carbocycles. The molecule has 0 bridgehead atoms. The molecule has 0 N–H and O–H groups in total. The summed E-state index contributed by atoms with van der Waals surface area (Å²) in [5, 5.41) is 0. The Morgan fingerprint density at radius 2 is 0.907 bits per heavy atom. The quantitative estimate of drug-likeness (QED) is 0.0607. The molecule has 0 radical (unpaired) electrons. The van der Waals surface area contributed by atoms with Crippen molar-refractivity contribution in [2.24, 2.45) is 0 Å². The molecule has 0 aliphatic rings. The second-order valence-corrected chi connectivity index (χ2v) is 13.6. The van der Waals surface area contributed by atoms with Crippen LogP contribution in [0.5, 0.6) is 0 Å². The molecule has 0 aliphatic carbocycles. The number of unbranched alkanes of at least 4 members (excludes halogenated alkanes) is 23. The second-order valence-electron chi connectivity index (χ2n) is 13.6. The fourth-order valence-corrected chi connectivity index (χ4v) is 6.71. The number of aromatic nitrogens is 2. The third-order valence-corrected chi connectivity index (χ3v) is 9.55. The van der Waals surface area contributed by atoms with Gasteiger partial charge >= 0.3 is 0 Å². The van der Waals surface area contributed by atoms with Gasteiger partial charge in [0, 0.05) is 6.42 Å². The Labute approximate surface area is 269 Å². The van der Waals surface area contributed by atoms with Crippen LogP contribution in [0.25, 0.3) is 0 Å². The van der Waals surface area contributed by atoms with E-state index in [9.17, 15) is 0 Å². The van der Waals surface area contributed by atoms with Gasteiger partial charge in [0.25, 0.3) is 5.82 Å². The predicted octanol–water partition coefficient (Wildman–Crippen LogP) is 12.7. The minimum Gasteiger partial charge on any atom is -0.234 e. The average Bonchev–Trinajstić information content (AvgIpc) is 3.41. The van der Waals surface area contributed by atoms with Gasteiger partial charge in [-0.1, -0.05) is 185 Å². The summed E-state index contributed by atoms with van der Waals surface area (Å²) in [4.78, 5) is 0. The molecule has 0 fully saturated rings. The summed E-state index contributed by atoms with van der Waals surface area (Å²) < 4.78 is 5.20. The van der Waals surface area contributed by atoms with Crippen molar-refractivity contribution < 1.29 is 4.57 Å². The molecule has 0 amide bonds. The van der Waals surface area contributed by atoms with Crippen molar-refractivity contribution >= 4 is 0 Å². The summed E-state index contributed by atoms with van der Waals surface area (Å²) in [6.07, 6.45) is 44.1. The van der Waals surface area contributed by atoms with Gasteiger partial charge in [-0.15, -0.1) is 0 Å². The molecule has 0 aliphatic heterocycles. The fourth-order valence-electron chi connectivity index (χ4n) is 6.71. The normalized spacial score (nSPS) is 11.5. The molecule has 2 nitrogen and oxygen atoms in total. The molecule has 2 heteroatoms. The summed E-state index contributed by atoms with van der Waals surface area (Å²) in [7, 11) is 0. The Bertz CT molecular complexity index is 839. The Balaban J connectivity index is 1.63. The van der Waals surface area contributed by atoms with Gasteiger partial charge in [0.1, 0.15) is 12.4 Å². The van der Waals surface area contributed by atoms with E-state index >= 15 is 0 Å². The number of aryl methyl sites for hydroxylation is 3. The largest absolute Gasteiger partial charge is 0.256 e. The van der Waals surface area contributed by atoms with E-state index in [4.69, 9.17) is 0 Å². The van der Waals surface area contributed by atoms with Crippen LogP contribution < -0.4 is 4.57 Å². The van der Waals surface area contributed by atoms with Gasteiger partial charge in [0.05, 0.1) is 13.1 Å². The zero-order valence-electron chi connectivity index (χ0n) is 29.1. The third kappa shape index (κ3) is 20.2. The number of imidazole rings is 1. The van der Waals surface area contributed by atoms with Crippen molar-refractivity contribution in [3.63, 3.8) is 0 Å². The highest BCUT2D eigenvalue weighted by atomic mass is 15.1. The van der Waals surface area contributed by atoms with Crippen molar-refractivity contribution in [3.05, 3.63) is 54.1 Å². The molecule has 1 aromatic heterocycles. The van der Waals surface area contributed by atoms with E-state index in [1.807, 2.05) is 0 Å². The van der Waals surface area contributed by atoms with Crippen LogP contribution in [0.3, 0.4) is 0 Å². The number of nitrogens with zero attached hydrogens (tertiary/aromatic N) is 2. The molecule has 0 saturated carbocycles. The van der Waals surface area contributed by atoms with Crippen molar-refractivity contribution in [1.82, 2.24) is 4.57 Å². The third-order valence-electron chi connectivity index (χ3n) is 9.55. The summed E-state index contributed by atoms with van der Waals surface area (Å²) in [6.45, 7) is 6.97. The Hall–Kier alpha value is -1.57. The molecule has 0 spiro atoms. The number of hydrogen-bond acceptors (Lipinski definition) is 0. The summed E-state index contributed by atoms with van der Waals surface area (Å²) in [6, 6.07) is 11.0. The van der Waals surface area contributed by atoms with Crippen molar-refractivity contribution in [2.45, 2.75) is 207 Å². The van der Waals surface area contributed by atoms with Crippen molar-refractivity contribution in [2.75, 3.05) is 0 Å². The van der Waals surface area contributed by atoms with E-state index < -0.39 is 0 Å². The molecular formula is C41H73N2+. The second kappa shape index (κ2) is 27.9. The molecule has 2 aromatic rings. The number of hydrogen-bond donors (Lipinski definition) is 0. The van der Waals surface area contributed by atoms with E-state index in [2.05, 4.69) is 65.7 Å². The molecule has 0 saturated heterocycles. The lowest BCUT2D eigenvalue weighted by atomic mass is 10.0. The van der Waals surface area contributed by atoms with Crippen molar-refractivity contribution in [1.29, 1.82) is 0 Å². The highest BCUT2D eigenvalue weighted by molar-refractivity contribution is 5.14. The number of rotatable bonds is 31. The van der Waals surface area contributed by atoms with Crippen LogP contribution in [-0.2, 0) is 25.9 Å². The Morgan fingerprint density at radius 3 is 1.40 bits per heavy atom. The van der Waals surface area contributed by atoms with E-state index in [1.165, 1.54) is 192 Å². The van der Waals surface area contributed by atoms with E-state index in [-0.39, 0.29) is 0 Å². The Morgan fingerprint density at radius 1 is 0.465 bits per heavy atom. The first kappa shape index (κ1) is 37.6. The highest BCUT2D eigenvalue weighted by Crippen LogP contribution is 2.15. The van der Waals surface area contributed by atoms with Gasteiger partial charge in [-0.25, -0.2) is 9.13 Å². The maximum Gasteiger partial charge on any atom is 0.256 e. The molecule has 246 valence electrons. The first-order valence-electron chi connectivity index (χ1n) is 19.5. The lowest BCUT2D eigenvalue weighted by molar-refractivity contribution is -0.704. The van der Waals surface area contributed by atoms with Crippen LogP contribution in [-0.4, -0.2) is 4.57 Å². The minimum atomic E-state index is 1.15. The van der Waals surface area contributed by atoms with Gasteiger partial charge in [0.2, 0.25) is 0 Å². The van der Waals surface area contributed by atoms with Crippen LogP contribution in [0.1, 0.15) is 192 Å². The zero-order valence-corrected chi connectivity index (χ0v) is 29.1. The maximum absolute atomic E-state index is 2.61. The lowest BCUT2D eigenvalue weighted by Crippen LogP contribution is -2.37. The van der Waals surface area contributed by atoms with Gasteiger partial charge in [-0.05, 0) is 37.7 Å². The first-order valence-corrected chi connectivity index (χ1v) is 19.5. The highest BCUT2D eigenvalue weighted by Gasteiger charge is 2.16. The molecule has 43 heavy (non-hydrogen) atoms. The molecular weight excluding hydrogens is 520 g/mol. The first-order chi connectivity index (χ1) is 21.3. The molecule has 0 atom stereocenters. The lowest BCUT2D eigenvalue weighted by Gasteiger charge is -2.07. The van der Waals surface area contributed by atoms with Gasteiger partial charge < -0.3 is 0 Å². The Kier molecular flexibility index (Phi) is 24.4. The molecule has 2 rings (SSSR count). The smallest absolute Gasteiger partial charge is 0.234 e. The average molecular weight is 594 g/mol. The van der Waals surface area contributed by atoms with E-state index in [0.29, 0.717) is 0 Å². The minimum absolute atomic E-state index is 1.15. The summed E-state index contributed by atoms with van der Waals surface area (Å²) >= 11 is 0. The zero-order chi connectivity index (χ0) is 30.5. The van der Waals surface area contributed by atoms with E-state index in [0.717, 1.165) is 6.54 Å². The number of benzene rings is 1. The van der Waals surface area contributed by atoms with Crippen LogP contribution >= 0.6 is 0 Å². The van der Waals surface area contributed by atoms with Crippen LogP contribution in [0.4, 0.5) is 0 Å². The topological polar surface area (TPSA) is 8.81 Å². The van der Waals surface area contributed by atoms with Crippen LogP contribution in [0.2, 0.25) is 0 Å². The molecule has 0 unspecified atom stereocenters. The standard InChI is InChI=1S/C41H73N2/c1-3-5-7-9-11-13-15-16-17-19-21-23-25-30-36-42-38-39-43(37-31-34-40-32-27-26-28-33-40)41(42)35-29-24-22-20-18-14-12-10-8-6-4-2/h26-28,32-33,38-39H,3-25,29-31,34-37H2,1-2H3/q+1. The summed E-state index contributed by atoms with van der Waals surface area (Å²) in [5.41, 5.74) is 1.47. The van der Waals surface area contributed by atoms with E-state index in [1.54, 1.807) is 5.82 Å². The fraction of sp³-hybridized carbons (Fsp3) is 0.780. The van der Waals surface area contributed by atoms with Gasteiger partial charge in [0.15, 0.2) is 0 Å². The predicted molar refractivity (Wildman–Crippen MR) is 190 cm³/mol. The van der Waals surface area contributed by atoms with Crippen LogP contribution in [0, 0.1) is 0 Å². The SMILES string of the molecule is CCCCCCCCCCCCCCCCn1cc[n+](CCCc2ccccc2)c1CCCCCCCCCCCCC. The van der Waals surface area contributed by atoms with Crippen molar-refractivity contribution in [3.8, 4) is 0 Å². The summed E-state index contributed by atoms with van der Waals surface area (Å²) in [5.74, 6) is 1.58. The molecule has 1 heterocycles.